The van der Waals surface area contributed by atoms with Gasteiger partial charge in [0.2, 0.25) is 0 Å². The summed E-state index contributed by atoms with van der Waals surface area (Å²) in [4.78, 5) is 1.50. The van der Waals surface area contributed by atoms with Crippen LogP contribution in [0.2, 0.25) is 0 Å². The van der Waals surface area contributed by atoms with E-state index in [9.17, 15) is 0 Å². The first kappa shape index (κ1) is 12.9. The Kier molecular flexibility index (Phi) is 4.22. The van der Waals surface area contributed by atoms with E-state index in [4.69, 9.17) is 0 Å². The first-order chi connectivity index (χ1) is 8.86. The van der Waals surface area contributed by atoms with Crippen molar-refractivity contribution in [3.05, 3.63) is 29.8 Å². The molecule has 1 heterocycles. The molecule has 3 unspecified atom stereocenters. The number of hydrogen-bond acceptors (Lipinski definition) is 3. The molecule has 3 rings (SSSR count). The monoisotopic (exact) mass is 279 g/mol. The maximum atomic E-state index is 3.80. The molecule has 1 N–H and O–H groups in total. The highest BCUT2D eigenvalue weighted by molar-refractivity contribution is 7.99. The first-order valence-corrected chi connectivity index (χ1v) is 9.12. The number of fused-ring (bicyclic) bond motifs is 1. The minimum absolute atomic E-state index is 0.722. The average Bonchev–Trinajstić information content (AvgIpc) is 3.03. The summed E-state index contributed by atoms with van der Waals surface area (Å²) in [6.45, 7) is 1.16. The van der Waals surface area contributed by atoms with Crippen molar-refractivity contribution < 1.29 is 0 Å². The molecule has 1 fully saturated rings. The fourth-order valence-corrected chi connectivity index (χ4v) is 5.10. The topological polar surface area (TPSA) is 12.0 Å². The fraction of sp³-hybridized carbons (Fsp3) is 0.600. The van der Waals surface area contributed by atoms with Crippen LogP contribution in [0.25, 0.3) is 0 Å². The third kappa shape index (κ3) is 2.73. The molecule has 0 bridgehead atoms. The van der Waals surface area contributed by atoms with Gasteiger partial charge in [-0.2, -0.15) is 11.8 Å². The van der Waals surface area contributed by atoms with Crippen LogP contribution in [0.1, 0.15) is 30.7 Å². The van der Waals surface area contributed by atoms with Crippen molar-refractivity contribution in [1.29, 1.82) is 0 Å². The predicted molar refractivity (Wildman–Crippen MR) is 82.9 cm³/mol. The van der Waals surface area contributed by atoms with Crippen LogP contribution in [0.3, 0.4) is 0 Å². The third-order valence-electron chi connectivity index (χ3n) is 4.17. The lowest BCUT2D eigenvalue weighted by molar-refractivity contribution is 0.503. The maximum absolute atomic E-state index is 3.80. The molecule has 0 aromatic heterocycles. The molecule has 0 saturated heterocycles. The van der Waals surface area contributed by atoms with Crippen molar-refractivity contribution >= 4 is 23.5 Å². The van der Waals surface area contributed by atoms with E-state index >= 15 is 0 Å². The Bertz CT molecular complexity index is 407. The van der Waals surface area contributed by atoms with E-state index in [1.807, 2.05) is 23.5 Å². The molecule has 1 aromatic carbocycles. The quantitative estimate of drug-likeness (QED) is 0.901. The molecule has 98 valence electrons. The van der Waals surface area contributed by atoms with Gasteiger partial charge >= 0.3 is 0 Å². The molecule has 1 aromatic rings. The van der Waals surface area contributed by atoms with Crippen LogP contribution in [0, 0.1) is 0 Å². The van der Waals surface area contributed by atoms with Gasteiger partial charge in [0.05, 0.1) is 0 Å². The number of benzene rings is 1. The van der Waals surface area contributed by atoms with Gasteiger partial charge in [-0.1, -0.05) is 18.2 Å². The van der Waals surface area contributed by atoms with Gasteiger partial charge in [0.25, 0.3) is 0 Å². The van der Waals surface area contributed by atoms with Gasteiger partial charge in [-0.05, 0) is 37.1 Å². The molecule has 3 atom stereocenters. The minimum Gasteiger partial charge on any atom is -0.313 e. The summed E-state index contributed by atoms with van der Waals surface area (Å²) in [5, 5.41) is 4.70. The minimum atomic E-state index is 0.722. The number of hydrogen-bond donors (Lipinski definition) is 1. The summed E-state index contributed by atoms with van der Waals surface area (Å²) in [6.07, 6.45) is 6.38. The zero-order valence-corrected chi connectivity index (χ0v) is 12.5. The second kappa shape index (κ2) is 5.89. The normalized spacial score (nSPS) is 30.6. The van der Waals surface area contributed by atoms with E-state index < -0.39 is 0 Å². The van der Waals surface area contributed by atoms with Crippen molar-refractivity contribution in [2.45, 2.75) is 41.4 Å². The van der Waals surface area contributed by atoms with Crippen molar-refractivity contribution in [2.75, 3.05) is 18.6 Å². The van der Waals surface area contributed by atoms with Crippen molar-refractivity contribution in [2.24, 2.45) is 0 Å². The molecule has 1 aliphatic carbocycles. The zero-order chi connectivity index (χ0) is 12.4. The van der Waals surface area contributed by atoms with Gasteiger partial charge in [0.15, 0.2) is 0 Å². The lowest BCUT2D eigenvalue weighted by atomic mass is 10.0. The number of nitrogens with one attached hydrogen (secondary N) is 1. The highest BCUT2D eigenvalue weighted by Crippen LogP contribution is 2.39. The zero-order valence-electron chi connectivity index (χ0n) is 10.9. The van der Waals surface area contributed by atoms with Gasteiger partial charge in [-0.3, -0.25) is 0 Å². The molecule has 1 nitrogen and oxygen atoms in total. The number of rotatable bonds is 4. The molecule has 1 saturated carbocycles. The molecule has 0 amide bonds. The van der Waals surface area contributed by atoms with E-state index in [0.29, 0.717) is 0 Å². The maximum Gasteiger partial charge on any atom is 0.0108 e. The third-order valence-corrected chi connectivity index (χ3v) is 6.52. The van der Waals surface area contributed by atoms with E-state index in [-0.39, 0.29) is 0 Å². The molecular weight excluding hydrogens is 258 g/mol. The van der Waals surface area contributed by atoms with E-state index in [2.05, 4.69) is 35.8 Å². The van der Waals surface area contributed by atoms with Crippen LogP contribution < -0.4 is 5.32 Å². The van der Waals surface area contributed by atoms with Crippen LogP contribution in [0.4, 0.5) is 0 Å². The Morgan fingerprint density at radius 3 is 3.06 bits per heavy atom. The summed E-state index contributed by atoms with van der Waals surface area (Å²) in [5.41, 5.74) is 1.56. The van der Waals surface area contributed by atoms with E-state index in [1.165, 1.54) is 29.9 Å². The second-order valence-corrected chi connectivity index (χ2v) is 7.52. The van der Waals surface area contributed by atoms with Gasteiger partial charge in [-0.15, -0.1) is 11.8 Å². The molecule has 0 spiro atoms. The average molecular weight is 279 g/mol. The van der Waals surface area contributed by atoms with E-state index in [0.717, 1.165) is 23.8 Å². The second-order valence-electron chi connectivity index (χ2n) is 5.32. The lowest BCUT2D eigenvalue weighted by Gasteiger charge is -2.17. The molecule has 2 aliphatic rings. The van der Waals surface area contributed by atoms with Gasteiger partial charge in [-0.25, -0.2) is 0 Å². The Morgan fingerprint density at radius 2 is 2.22 bits per heavy atom. The van der Waals surface area contributed by atoms with Crippen LogP contribution in [-0.2, 0) is 0 Å². The summed E-state index contributed by atoms with van der Waals surface area (Å²) < 4.78 is 0. The van der Waals surface area contributed by atoms with Crippen LogP contribution in [0.5, 0.6) is 0 Å². The summed E-state index contributed by atoms with van der Waals surface area (Å²) in [6, 6.07) is 9.67. The van der Waals surface area contributed by atoms with Crippen LogP contribution >= 0.6 is 23.5 Å². The molecular formula is C15H21NS2. The highest BCUT2D eigenvalue weighted by atomic mass is 32.2. The SMILES string of the molecule is CSC1CCC(NCC2CSc3ccccc32)C1. The van der Waals surface area contributed by atoms with Crippen LogP contribution in [-0.4, -0.2) is 29.8 Å². The van der Waals surface area contributed by atoms with Gasteiger partial charge < -0.3 is 5.32 Å². The molecule has 1 aliphatic heterocycles. The Hall–Kier alpha value is -0.120. The Morgan fingerprint density at radius 1 is 1.33 bits per heavy atom. The Balaban J connectivity index is 1.53. The van der Waals surface area contributed by atoms with Crippen molar-refractivity contribution in [1.82, 2.24) is 5.32 Å². The standard InChI is InChI=1S/C15H21NS2/c1-17-13-7-6-12(8-13)16-9-11-10-18-15-5-3-2-4-14(11)15/h2-5,11-13,16H,6-10H2,1H3. The van der Waals surface area contributed by atoms with Gasteiger partial charge in [0.1, 0.15) is 0 Å². The highest BCUT2D eigenvalue weighted by Gasteiger charge is 2.26. The lowest BCUT2D eigenvalue weighted by Crippen LogP contribution is -2.31. The first-order valence-electron chi connectivity index (χ1n) is 6.84. The molecule has 3 heteroatoms. The van der Waals surface area contributed by atoms with Gasteiger partial charge in [0, 0.05) is 34.4 Å². The largest absolute Gasteiger partial charge is 0.313 e. The van der Waals surface area contributed by atoms with E-state index in [1.54, 1.807) is 5.56 Å². The summed E-state index contributed by atoms with van der Waals surface area (Å²) in [5.74, 6) is 1.98. The van der Waals surface area contributed by atoms with Crippen LogP contribution in [0.15, 0.2) is 29.2 Å². The molecule has 0 radical (unpaired) electrons. The smallest absolute Gasteiger partial charge is 0.0108 e. The van der Waals surface area contributed by atoms with Crippen molar-refractivity contribution in [3.8, 4) is 0 Å². The summed E-state index contributed by atoms with van der Waals surface area (Å²) >= 11 is 4.06. The van der Waals surface area contributed by atoms with Crippen molar-refractivity contribution in [3.63, 3.8) is 0 Å². The predicted octanol–water partition coefficient (Wildman–Crippen LogP) is 3.75. The Labute approximate surface area is 119 Å². The summed E-state index contributed by atoms with van der Waals surface area (Å²) in [7, 11) is 0. The molecule has 18 heavy (non-hydrogen) atoms. The fourth-order valence-electron chi connectivity index (χ4n) is 3.05. The number of thioether (sulfide) groups is 2.